The molecule has 0 saturated heterocycles. The van der Waals surface area contributed by atoms with Gasteiger partial charge in [0.15, 0.2) is 6.61 Å². The van der Waals surface area contributed by atoms with Crippen LogP contribution in [0, 0.1) is 5.82 Å². The fraction of sp³-hybridized carbons (Fsp3) is 0.316. The first kappa shape index (κ1) is 17.1. The molecular weight excluding hydrogens is 325 g/mol. The Bertz CT molecular complexity index is 778. The molecule has 1 aliphatic heterocycles. The Kier molecular flexibility index (Phi) is 5.07. The molecule has 0 spiro atoms. The Hall–Kier alpha value is -2.76. The van der Waals surface area contributed by atoms with Gasteiger partial charge in [0.05, 0.1) is 12.3 Å². The SMILES string of the molecule is CCOc1cc2c(cc1NC(=O)COc1cccc(F)c1)O[C@H](C)C2. The molecule has 0 aromatic heterocycles. The van der Waals surface area contributed by atoms with Crippen molar-refractivity contribution in [2.75, 3.05) is 18.5 Å². The highest BCUT2D eigenvalue weighted by molar-refractivity contribution is 5.93. The predicted molar refractivity (Wildman–Crippen MR) is 91.9 cm³/mol. The van der Waals surface area contributed by atoms with Crippen molar-refractivity contribution in [3.8, 4) is 17.2 Å². The number of ether oxygens (including phenoxy) is 3. The average molecular weight is 345 g/mol. The number of amides is 1. The Balaban J connectivity index is 1.69. The fourth-order valence-electron chi connectivity index (χ4n) is 2.70. The van der Waals surface area contributed by atoms with Crippen LogP contribution < -0.4 is 19.5 Å². The molecule has 0 bridgehead atoms. The monoisotopic (exact) mass is 345 g/mol. The van der Waals surface area contributed by atoms with E-state index in [1.165, 1.54) is 18.2 Å². The number of nitrogens with one attached hydrogen (secondary N) is 1. The van der Waals surface area contributed by atoms with Gasteiger partial charge in [-0.25, -0.2) is 4.39 Å². The third-order valence-corrected chi connectivity index (χ3v) is 3.74. The van der Waals surface area contributed by atoms with Crippen LogP contribution >= 0.6 is 0 Å². The van der Waals surface area contributed by atoms with Gasteiger partial charge in [-0.15, -0.1) is 0 Å². The van der Waals surface area contributed by atoms with Crippen LogP contribution in [-0.2, 0) is 11.2 Å². The highest BCUT2D eigenvalue weighted by Crippen LogP contribution is 2.38. The van der Waals surface area contributed by atoms with Gasteiger partial charge in [-0.05, 0) is 32.0 Å². The lowest BCUT2D eigenvalue weighted by molar-refractivity contribution is -0.118. The van der Waals surface area contributed by atoms with Gasteiger partial charge in [0, 0.05) is 24.1 Å². The molecule has 2 aromatic carbocycles. The topological polar surface area (TPSA) is 56.8 Å². The van der Waals surface area contributed by atoms with Gasteiger partial charge in [-0.3, -0.25) is 4.79 Å². The number of carbonyl (C=O) groups excluding carboxylic acids is 1. The standard InChI is InChI=1S/C19H20FNO4/c1-3-23-18-8-13-7-12(2)25-17(13)10-16(18)21-19(22)11-24-15-6-4-5-14(20)9-15/h4-6,8-10,12H,3,7,11H2,1-2H3,(H,21,22)/t12-/m1/s1. The van der Waals surface area contributed by atoms with Gasteiger partial charge >= 0.3 is 0 Å². The maximum atomic E-state index is 13.1. The lowest BCUT2D eigenvalue weighted by atomic mass is 10.1. The number of rotatable bonds is 6. The van der Waals surface area contributed by atoms with E-state index in [-0.39, 0.29) is 18.6 Å². The molecule has 2 aromatic rings. The summed E-state index contributed by atoms with van der Waals surface area (Å²) in [5, 5.41) is 2.76. The second-order valence-corrected chi connectivity index (χ2v) is 5.82. The molecule has 0 fully saturated rings. The molecule has 25 heavy (non-hydrogen) atoms. The number of fused-ring (bicyclic) bond motifs is 1. The highest BCUT2D eigenvalue weighted by Gasteiger charge is 2.22. The van der Waals surface area contributed by atoms with E-state index in [0.29, 0.717) is 23.8 Å². The second kappa shape index (κ2) is 7.42. The van der Waals surface area contributed by atoms with Crippen molar-refractivity contribution in [2.24, 2.45) is 0 Å². The Morgan fingerprint density at radius 3 is 2.92 bits per heavy atom. The summed E-state index contributed by atoms with van der Waals surface area (Å²) in [7, 11) is 0. The minimum atomic E-state index is -0.415. The van der Waals surface area contributed by atoms with E-state index in [0.717, 1.165) is 17.7 Å². The van der Waals surface area contributed by atoms with Gasteiger partial charge in [-0.1, -0.05) is 6.07 Å². The summed E-state index contributed by atoms with van der Waals surface area (Å²) >= 11 is 0. The molecule has 6 heteroatoms. The molecule has 0 saturated carbocycles. The van der Waals surface area contributed by atoms with E-state index >= 15 is 0 Å². The van der Waals surface area contributed by atoms with Crippen molar-refractivity contribution in [2.45, 2.75) is 26.4 Å². The largest absolute Gasteiger partial charge is 0.492 e. The zero-order valence-electron chi connectivity index (χ0n) is 14.2. The van der Waals surface area contributed by atoms with Crippen LogP contribution in [0.25, 0.3) is 0 Å². The molecule has 5 nitrogen and oxygen atoms in total. The van der Waals surface area contributed by atoms with Crippen LogP contribution in [0.3, 0.4) is 0 Å². The summed E-state index contributed by atoms with van der Waals surface area (Å²) in [5.41, 5.74) is 1.59. The van der Waals surface area contributed by atoms with E-state index < -0.39 is 5.82 Å². The van der Waals surface area contributed by atoms with E-state index in [1.54, 1.807) is 12.1 Å². The van der Waals surface area contributed by atoms with E-state index in [2.05, 4.69) is 5.32 Å². The Morgan fingerprint density at radius 2 is 2.16 bits per heavy atom. The van der Waals surface area contributed by atoms with Crippen molar-refractivity contribution >= 4 is 11.6 Å². The number of halogens is 1. The zero-order chi connectivity index (χ0) is 17.8. The normalized spacial score (nSPS) is 15.2. The summed E-state index contributed by atoms with van der Waals surface area (Å²) in [4.78, 5) is 12.2. The van der Waals surface area contributed by atoms with Crippen LogP contribution in [0.2, 0.25) is 0 Å². The van der Waals surface area contributed by atoms with Gasteiger partial charge < -0.3 is 19.5 Å². The molecule has 1 amide bonds. The number of hydrogen-bond donors (Lipinski definition) is 1. The highest BCUT2D eigenvalue weighted by atomic mass is 19.1. The molecule has 1 heterocycles. The Morgan fingerprint density at radius 1 is 1.32 bits per heavy atom. The smallest absolute Gasteiger partial charge is 0.262 e. The molecule has 1 atom stereocenters. The minimum Gasteiger partial charge on any atom is -0.492 e. The van der Waals surface area contributed by atoms with Crippen LogP contribution in [0.5, 0.6) is 17.2 Å². The van der Waals surface area contributed by atoms with Crippen molar-refractivity contribution in [1.82, 2.24) is 0 Å². The first-order chi connectivity index (χ1) is 12.0. The van der Waals surface area contributed by atoms with Crippen molar-refractivity contribution < 1.29 is 23.4 Å². The predicted octanol–water partition coefficient (Wildman–Crippen LogP) is 3.57. The summed E-state index contributed by atoms with van der Waals surface area (Å²) < 4.78 is 29.8. The van der Waals surface area contributed by atoms with E-state index in [4.69, 9.17) is 14.2 Å². The molecule has 1 aliphatic rings. The van der Waals surface area contributed by atoms with Crippen LogP contribution in [0.15, 0.2) is 36.4 Å². The molecule has 1 N–H and O–H groups in total. The van der Waals surface area contributed by atoms with Gasteiger partial charge in [-0.2, -0.15) is 0 Å². The zero-order valence-corrected chi connectivity index (χ0v) is 14.2. The summed E-state index contributed by atoms with van der Waals surface area (Å²) in [5.74, 6) is 0.860. The third-order valence-electron chi connectivity index (χ3n) is 3.74. The second-order valence-electron chi connectivity index (χ2n) is 5.82. The Labute approximate surface area is 145 Å². The van der Waals surface area contributed by atoms with Gasteiger partial charge in [0.2, 0.25) is 0 Å². The summed E-state index contributed by atoms with van der Waals surface area (Å²) in [6, 6.07) is 9.31. The fourth-order valence-corrected chi connectivity index (χ4v) is 2.70. The molecular formula is C19H20FNO4. The summed E-state index contributed by atoms with van der Waals surface area (Å²) in [6.45, 7) is 4.12. The van der Waals surface area contributed by atoms with Gasteiger partial charge in [0.25, 0.3) is 5.91 Å². The van der Waals surface area contributed by atoms with Crippen LogP contribution in [0.4, 0.5) is 10.1 Å². The lowest BCUT2D eigenvalue weighted by Gasteiger charge is -2.14. The first-order valence-electron chi connectivity index (χ1n) is 8.19. The molecule has 0 radical (unpaired) electrons. The number of carbonyl (C=O) groups is 1. The number of benzene rings is 2. The molecule has 132 valence electrons. The minimum absolute atomic E-state index is 0.103. The lowest BCUT2D eigenvalue weighted by Crippen LogP contribution is -2.20. The quantitative estimate of drug-likeness (QED) is 0.870. The van der Waals surface area contributed by atoms with E-state index in [9.17, 15) is 9.18 Å². The third kappa shape index (κ3) is 4.21. The van der Waals surface area contributed by atoms with Crippen molar-refractivity contribution in [3.05, 3.63) is 47.8 Å². The first-order valence-corrected chi connectivity index (χ1v) is 8.19. The summed E-state index contributed by atoms with van der Waals surface area (Å²) in [6.07, 6.45) is 0.915. The van der Waals surface area contributed by atoms with E-state index in [1.807, 2.05) is 19.9 Å². The maximum absolute atomic E-state index is 13.1. The van der Waals surface area contributed by atoms with Crippen LogP contribution in [-0.4, -0.2) is 25.2 Å². The molecule has 0 aliphatic carbocycles. The average Bonchev–Trinajstić information content (AvgIpc) is 2.92. The number of hydrogen-bond acceptors (Lipinski definition) is 4. The van der Waals surface area contributed by atoms with Crippen LogP contribution in [0.1, 0.15) is 19.4 Å². The van der Waals surface area contributed by atoms with Crippen molar-refractivity contribution in [3.63, 3.8) is 0 Å². The number of anilines is 1. The molecule has 0 unspecified atom stereocenters. The van der Waals surface area contributed by atoms with Gasteiger partial charge in [0.1, 0.15) is 29.2 Å². The molecule has 3 rings (SSSR count). The van der Waals surface area contributed by atoms with Crippen molar-refractivity contribution in [1.29, 1.82) is 0 Å². The maximum Gasteiger partial charge on any atom is 0.262 e.